The van der Waals surface area contributed by atoms with Crippen molar-refractivity contribution < 1.29 is 19.4 Å². The van der Waals surface area contributed by atoms with E-state index in [1.807, 2.05) is 0 Å². The molecule has 10 nitrogen and oxygen atoms in total. The van der Waals surface area contributed by atoms with Gasteiger partial charge in [0.1, 0.15) is 5.69 Å². The molecular formula is C15H20N4O6. The van der Waals surface area contributed by atoms with Crippen molar-refractivity contribution in [1.29, 1.82) is 0 Å². The van der Waals surface area contributed by atoms with Crippen LogP contribution in [-0.4, -0.2) is 28.6 Å². The number of hydrazone groups is 1. The number of rotatable bonds is 11. The quantitative estimate of drug-likeness (QED) is 0.212. The Morgan fingerprint density at radius 1 is 1.20 bits per heavy atom. The number of ether oxygens (including phenoxy) is 1. The van der Waals surface area contributed by atoms with Crippen LogP contribution in [0.2, 0.25) is 0 Å². The Morgan fingerprint density at radius 3 is 2.56 bits per heavy atom. The molecule has 0 heterocycles. The van der Waals surface area contributed by atoms with Crippen LogP contribution < -0.4 is 5.43 Å². The van der Waals surface area contributed by atoms with E-state index in [2.05, 4.69) is 10.5 Å². The highest BCUT2D eigenvalue weighted by Gasteiger charge is 2.18. The first kappa shape index (κ1) is 20.0. The van der Waals surface area contributed by atoms with Crippen LogP contribution in [0, 0.1) is 20.2 Å². The van der Waals surface area contributed by atoms with Gasteiger partial charge in [-0.05, 0) is 25.3 Å². The summed E-state index contributed by atoms with van der Waals surface area (Å²) in [6.45, 7) is 1.80. The van der Waals surface area contributed by atoms with Crippen LogP contribution >= 0.6 is 0 Å². The fourth-order valence-corrected chi connectivity index (χ4v) is 1.97. The molecule has 0 bridgehead atoms. The maximum atomic E-state index is 11.0. The van der Waals surface area contributed by atoms with Crippen LogP contribution in [0.1, 0.15) is 39.0 Å². The van der Waals surface area contributed by atoms with E-state index in [0.717, 1.165) is 31.7 Å². The number of esters is 1. The van der Waals surface area contributed by atoms with Gasteiger partial charge in [0.05, 0.1) is 22.5 Å². The number of nitrogens with one attached hydrogen (secondary N) is 1. The molecule has 1 N–H and O–H groups in total. The van der Waals surface area contributed by atoms with Gasteiger partial charge in [-0.25, -0.2) is 0 Å². The third-order valence-corrected chi connectivity index (χ3v) is 3.20. The van der Waals surface area contributed by atoms with Gasteiger partial charge in [-0.3, -0.25) is 30.4 Å². The first-order valence-corrected chi connectivity index (χ1v) is 7.75. The number of unbranched alkanes of at least 4 members (excludes halogenated alkanes) is 4. The zero-order valence-electron chi connectivity index (χ0n) is 13.8. The normalized spacial score (nSPS) is 10.6. The minimum atomic E-state index is -0.700. The molecule has 0 saturated heterocycles. The maximum Gasteiger partial charge on any atom is 0.302 e. The number of non-ortho nitro benzene ring substituents is 1. The second-order valence-electron chi connectivity index (χ2n) is 5.18. The Balaban J connectivity index is 2.35. The first-order valence-electron chi connectivity index (χ1n) is 7.75. The lowest BCUT2D eigenvalue weighted by molar-refractivity contribution is -0.393. The molecule has 0 spiro atoms. The van der Waals surface area contributed by atoms with E-state index in [1.165, 1.54) is 19.1 Å². The molecule has 0 saturated carbocycles. The molecule has 0 amide bonds. The molecule has 0 aliphatic heterocycles. The van der Waals surface area contributed by atoms with Gasteiger partial charge in [-0.15, -0.1) is 0 Å². The van der Waals surface area contributed by atoms with E-state index in [1.54, 1.807) is 6.21 Å². The Morgan fingerprint density at radius 2 is 1.92 bits per heavy atom. The minimum Gasteiger partial charge on any atom is -0.466 e. The molecule has 0 aliphatic rings. The fraction of sp³-hybridized carbons (Fsp3) is 0.467. The summed E-state index contributed by atoms with van der Waals surface area (Å²) in [5.74, 6) is -0.279. The van der Waals surface area contributed by atoms with E-state index < -0.39 is 15.5 Å². The van der Waals surface area contributed by atoms with Crippen molar-refractivity contribution in [2.75, 3.05) is 12.0 Å². The van der Waals surface area contributed by atoms with Gasteiger partial charge in [0.2, 0.25) is 0 Å². The van der Waals surface area contributed by atoms with Crippen molar-refractivity contribution >= 4 is 29.2 Å². The number of hydrogen-bond donors (Lipinski definition) is 1. The molecule has 1 aromatic carbocycles. The predicted molar refractivity (Wildman–Crippen MR) is 91.6 cm³/mol. The number of carbonyl (C=O) groups is 1. The highest BCUT2D eigenvalue weighted by Crippen LogP contribution is 2.28. The van der Waals surface area contributed by atoms with Gasteiger partial charge in [-0.1, -0.05) is 12.8 Å². The number of carbonyl (C=O) groups excluding carboxylic acids is 1. The van der Waals surface area contributed by atoms with E-state index in [-0.39, 0.29) is 17.3 Å². The topological polar surface area (TPSA) is 137 Å². The zero-order valence-corrected chi connectivity index (χ0v) is 13.8. The van der Waals surface area contributed by atoms with E-state index >= 15 is 0 Å². The number of benzene rings is 1. The predicted octanol–water partition coefficient (Wildman–Crippen LogP) is 3.41. The summed E-state index contributed by atoms with van der Waals surface area (Å²) in [5, 5.41) is 25.5. The van der Waals surface area contributed by atoms with Crippen LogP contribution in [0.4, 0.5) is 17.1 Å². The molecule has 0 aliphatic carbocycles. The third kappa shape index (κ3) is 7.86. The average molecular weight is 352 g/mol. The van der Waals surface area contributed by atoms with Crippen LogP contribution in [0.25, 0.3) is 0 Å². The summed E-state index contributed by atoms with van der Waals surface area (Å²) in [4.78, 5) is 30.8. The Labute approximate surface area is 144 Å². The zero-order chi connectivity index (χ0) is 18.7. The molecule has 1 rings (SSSR count). The Bertz CT molecular complexity index is 647. The number of nitro groups is 2. The van der Waals surface area contributed by atoms with Gasteiger partial charge in [0.15, 0.2) is 0 Å². The Hall–Kier alpha value is -3.04. The molecule has 0 fully saturated rings. The summed E-state index contributed by atoms with van der Waals surface area (Å²) in [6, 6.07) is 3.32. The molecule has 0 unspecified atom stereocenters. The van der Waals surface area contributed by atoms with Crippen molar-refractivity contribution in [1.82, 2.24) is 0 Å². The van der Waals surface area contributed by atoms with Crippen LogP contribution in [0.5, 0.6) is 0 Å². The molecule has 10 heteroatoms. The van der Waals surface area contributed by atoms with Crippen LogP contribution in [0.15, 0.2) is 23.3 Å². The second-order valence-corrected chi connectivity index (χ2v) is 5.18. The van der Waals surface area contributed by atoms with Gasteiger partial charge in [0.25, 0.3) is 5.69 Å². The summed E-state index contributed by atoms with van der Waals surface area (Å²) in [7, 11) is 0. The minimum absolute atomic E-state index is 0.0910. The standard InChI is InChI=1S/C15H20N4O6/c1-12(20)25-10-6-4-2-3-5-9-16-17-14-8-7-13(18(21)22)11-15(14)19(23)24/h7-9,11,17H,2-6,10H2,1H3/b16-9+. The van der Waals surface area contributed by atoms with Crippen molar-refractivity contribution in [2.45, 2.75) is 39.0 Å². The lowest BCUT2D eigenvalue weighted by atomic mass is 10.2. The number of hydrogen-bond acceptors (Lipinski definition) is 8. The lowest BCUT2D eigenvalue weighted by Gasteiger charge is -2.02. The van der Waals surface area contributed by atoms with Crippen molar-refractivity contribution in [3.8, 4) is 0 Å². The van der Waals surface area contributed by atoms with Gasteiger partial charge in [-0.2, -0.15) is 5.10 Å². The molecule has 25 heavy (non-hydrogen) atoms. The molecule has 1 aromatic rings. The highest BCUT2D eigenvalue weighted by molar-refractivity contribution is 5.67. The smallest absolute Gasteiger partial charge is 0.302 e. The Kier molecular flexibility index (Phi) is 8.55. The van der Waals surface area contributed by atoms with Gasteiger partial charge >= 0.3 is 11.7 Å². The summed E-state index contributed by atoms with van der Waals surface area (Å²) < 4.78 is 4.82. The van der Waals surface area contributed by atoms with Crippen LogP contribution in [-0.2, 0) is 9.53 Å². The lowest BCUT2D eigenvalue weighted by Crippen LogP contribution is -2.00. The summed E-state index contributed by atoms with van der Waals surface area (Å²) >= 11 is 0. The third-order valence-electron chi connectivity index (χ3n) is 3.20. The molecule has 0 aromatic heterocycles. The van der Waals surface area contributed by atoms with Crippen molar-refractivity contribution in [2.24, 2.45) is 5.10 Å². The average Bonchev–Trinajstić information content (AvgIpc) is 2.56. The van der Waals surface area contributed by atoms with Crippen molar-refractivity contribution in [3.63, 3.8) is 0 Å². The first-order chi connectivity index (χ1) is 11.9. The second kappa shape index (κ2) is 10.7. The van der Waals surface area contributed by atoms with Crippen LogP contribution in [0.3, 0.4) is 0 Å². The number of nitro benzene ring substituents is 2. The van der Waals surface area contributed by atoms with E-state index in [0.29, 0.717) is 13.0 Å². The summed E-state index contributed by atoms with van der Waals surface area (Å²) in [6.07, 6.45) is 5.85. The molecule has 0 radical (unpaired) electrons. The molecule has 136 valence electrons. The van der Waals surface area contributed by atoms with Crippen molar-refractivity contribution in [3.05, 3.63) is 38.4 Å². The fourth-order valence-electron chi connectivity index (χ4n) is 1.97. The van der Waals surface area contributed by atoms with E-state index in [4.69, 9.17) is 4.74 Å². The van der Waals surface area contributed by atoms with E-state index in [9.17, 15) is 25.0 Å². The summed E-state index contributed by atoms with van der Waals surface area (Å²) in [5.41, 5.74) is 1.87. The van der Waals surface area contributed by atoms with Gasteiger partial charge < -0.3 is 4.74 Å². The monoisotopic (exact) mass is 352 g/mol. The SMILES string of the molecule is CC(=O)OCCCCCC/C=N/Nc1ccc([N+](=O)[O-])cc1[N+](=O)[O-]. The molecular weight excluding hydrogens is 332 g/mol. The number of nitrogens with zero attached hydrogens (tertiary/aromatic N) is 3. The highest BCUT2D eigenvalue weighted by atomic mass is 16.6. The number of anilines is 1. The molecule has 0 atom stereocenters. The van der Waals surface area contributed by atoms with Gasteiger partial charge in [0, 0.05) is 19.2 Å². The largest absolute Gasteiger partial charge is 0.466 e. The maximum absolute atomic E-state index is 11.0.